The number of ether oxygens (including phenoxy) is 1. The van der Waals surface area contributed by atoms with Crippen LogP contribution in [0, 0.1) is 0 Å². The zero-order valence-electron chi connectivity index (χ0n) is 38.0. The van der Waals surface area contributed by atoms with Gasteiger partial charge < -0.3 is 13.7 Å². The number of hydrogen-bond acceptors (Lipinski definition) is 4. The predicted molar refractivity (Wildman–Crippen MR) is 283 cm³/mol. The standard InChI is InChI=1S/C66H37N3O2/c1-2-15-40(16-3-1)69-57-32-38(28-29-44(57)47-35-61-48(34-58(47)69)45-20-7-12-26-59(45)70-61)39-31-56-64(68-37-39)63-53(25-14-30-67-63)66(56)52-24-11-13-27-60(52)71-62-36-54-46(33-55(62)66)43-19-6-10-23-51(43)65(54)49-21-8-4-17-41(49)42-18-5-9-22-50(42)65/h1-37H. The molecular weight excluding hydrogens is 867 g/mol. The minimum absolute atomic E-state index is 0.512. The molecule has 4 aliphatic rings. The minimum Gasteiger partial charge on any atom is -0.457 e. The van der Waals surface area contributed by atoms with Crippen LogP contribution in [0.1, 0.15) is 44.5 Å². The maximum atomic E-state index is 7.24. The Morgan fingerprint density at radius 1 is 0.352 bits per heavy atom. The summed E-state index contributed by atoms with van der Waals surface area (Å²) in [6.45, 7) is 0. The second-order valence-electron chi connectivity index (χ2n) is 19.5. The summed E-state index contributed by atoms with van der Waals surface area (Å²) in [6.07, 6.45) is 3.94. The summed E-state index contributed by atoms with van der Waals surface area (Å²) in [6, 6.07) is 77.5. The summed E-state index contributed by atoms with van der Waals surface area (Å²) in [5.74, 6) is 1.67. The Kier molecular flexibility index (Phi) is 7.03. The lowest BCUT2D eigenvalue weighted by Gasteiger charge is -2.40. The average Bonchev–Trinajstić information content (AvgIpc) is 4.20. The molecule has 5 nitrogen and oxygen atoms in total. The van der Waals surface area contributed by atoms with E-state index in [9.17, 15) is 0 Å². The normalized spacial score (nSPS) is 15.9. The predicted octanol–water partition coefficient (Wildman–Crippen LogP) is 16.0. The monoisotopic (exact) mass is 903 g/mol. The molecule has 0 amide bonds. The third-order valence-electron chi connectivity index (χ3n) is 16.4. The van der Waals surface area contributed by atoms with Crippen LogP contribution in [0.25, 0.3) is 94.2 Å². The molecule has 5 heterocycles. The highest BCUT2D eigenvalue weighted by Gasteiger charge is 2.56. The van der Waals surface area contributed by atoms with Crippen LogP contribution < -0.4 is 4.74 Å². The fourth-order valence-electron chi connectivity index (χ4n) is 13.6. The van der Waals surface area contributed by atoms with Crippen LogP contribution in [0.2, 0.25) is 0 Å². The van der Waals surface area contributed by atoms with Crippen LogP contribution in [0.4, 0.5) is 0 Å². The summed E-state index contributed by atoms with van der Waals surface area (Å²) in [4.78, 5) is 10.6. The van der Waals surface area contributed by atoms with Gasteiger partial charge in [0, 0.05) is 61.9 Å². The number of pyridine rings is 2. The van der Waals surface area contributed by atoms with Gasteiger partial charge in [-0.3, -0.25) is 9.97 Å². The Bertz CT molecular complexity index is 4480. The van der Waals surface area contributed by atoms with Gasteiger partial charge in [-0.25, -0.2) is 0 Å². The first-order valence-corrected chi connectivity index (χ1v) is 24.4. The highest BCUT2D eigenvalue weighted by atomic mass is 16.5. The van der Waals surface area contributed by atoms with Crippen LogP contribution in [0.15, 0.2) is 229 Å². The SMILES string of the molecule is c1ccc(-n2c3cc(-c4cnc5c(c4)C4(c6ccccc6Oc6cc7c(cc64)-c4ccccc4C74c6ccccc6-c6ccccc64)c4cccnc4-5)ccc3c3cc4oc5ccccc5c4cc32)cc1. The van der Waals surface area contributed by atoms with Crippen LogP contribution in [-0.2, 0) is 10.8 Å². The molecule has 1 aliphatic heterocycles. The fraction of sp³-hybridized carbons (Fsp3) is 0.0303. The van der Waals surface area contributed by atoms with E-state index in [-0.39, 0.29) is 0 Å². The molecule has 0 saturated heterocycles. The number of furan rings is 1. The van der Waals surface area contributed by atoms with Crippen molar-refractivity contribution < 1.29 is 9.15 Å². The lowest BCUT2D eigenvalue weighted by Crippen LogP contribution is -2.33. The van der Waals surface area contributed by atoms with Crippen molar-refractivity contribution in [1.82, 2.24) is 14.5 Å². The Labute approximate surface area is 407 Å². The average molecular weight is 904 g/mol. The molecule has 0 N–H and O–H groups in total. The topological polar surface area (TPSA) is 53.1 Å². The molecule has 17 rings (SSSR count). The zero-order chi connectivity index (χ0) is 46.2. The molecule has 9 aromatic carbocycles. The number of benzene rings is 9. The van der Waals surface area contributed by atoms with Crippen molar-refractivity contribution in [3.05, 3.63) is 269 Å². The third kappa shape index (κ3) is 4.53. The van der Waals surface area contributed by atoms with Gasteiger partial charge in [-0.05, 0) is 122 Å². The van der Waals surface area contributed by atoms with Gasteiger partial charge in [-0.2, -0.15) is 0 Å². The van der Waals surface area contributed by atoms with Crippen LogP contribution in [0.3, 0.4) is 0 Å². The summed E-state index contributed by atoms with van der Waals surface area (Å²) in [7, 11) is 0. The first-order chi connectivity index (χ1) is 35.2. The number of aromatic nitrogens is 3. The van der Waals surface area contributed by atoms with Gasteiger partial charge >= 0.3 is 0 Å². The lowest BCUT2D eigenvalue weighted by atomic mass is 9.65. The highest BCUT2D eigenvalue weighted by Crippen LogP contribution is 2.67. The van der Waals surface area contributed by atoms with E-state index < -0.39 is 10.8 Å². The maximum absolute atomic E-state index is 7.24. The van der Waals surface area contributed by atoms with Gasteiger partial charge in [0.25, 0.3) is 0 Å². The van der Waals surface area contributed by atoms with Crippen LogP contribution >= 0.6 is 0 Å². The van der Waals surface area contributed by atoms with E-state index in [4.69, 9.17) is 19.1 Å². The van der Waals surface area contributed by atoms with Crippen molar-refractivity contribution in [3.8, 4) is 62.0 Å². The molecule has 2 spiro atoms. The number of hydrogen-bond donors (Lipinski definition) is 0. The first kappa shape index (κ1) is 37.6. The molecule has 0 saturated carbocycles. The van der Waals surface area contributed by atoms with Gasteiger partial charge in [0.05, 0.1) is 33.3 Å². The molecule has 0 bridgehead atoms. The van der Waals surface area contributed by atoms with Gasteiger partial charge in [0.15, 0.2) is 0 Å². The number of nitrogens with zero attached hydrogens (tertiary/aromatic N) is 3. The van der Waals surface area contributed by atoms with Crippen molar-refractivity contribution in [2.45, 2.75) is 10.8 Å². The quantitative estimate of drug-likeness (QED) is 0.173. The van der Waals surface area contributed by atoms with Gasteiger partial charge in [0.2, 0.25) is 0 Å². The van der Waals surface area contributed by atoms with Crippen molar-refractivity contribution in [2.75, 3.05) is 0 Å². The lowest BCUT2D eigenvalue weighted by molar-refractivity contribution is 0.435. The van der Waals surface area contributed by atoms with E-state index >= 15 is 0 Å². The first-order valence-electron chi connectivity index (χ1n) is 24.4. The summed E-state index contributed by atoms with van der Waals surface area (Å²) in [5.41, 5.74) is 22.2. The molecule has 328 valence electrons. The van der Waals surface area contributed by atoms with Crippen molar-refractivity contribution in [2.24, 2.45) is 0 Å². The number of para-hydroxylation sites is 3. The largest absolute Gasteiger partial charge is 0.457 e. The maximum Gasteiger partial charge on any atom is 0.136 e. The molecule has 0 fully saturated rings. The molecule has 3 aliphatic carbocycles. The fourth-order valence-corrected chi connectivity index (χ4v) is 13.6. The Balaban J connectivity index is 0.926. The summed E-state index contributed by atoms with van der Waals surface area (Å²) in [5, 5.41) is 4.52. The smallest absolute Gasteiger partial charge is 0.136 e. The van der Waals surface area contributed by atoms with E-state index in [1.165, 1.54) is 44.5 Å². The molecule has 5 heteroatoms. The Hall–Kier alpha value is -9.32. The highest BCUT2D eigenvalue weighted by molar-refractivity contribution is 6.17. The van der Waals surface area contributed by atoms with Crippen LogP contribution in [-0.4, -0.2) is 14.5 Å². The second-order valence-corrected chi connectivity index (χ2v) is 19.5. The minimum atomic E-state index is -0.794. The molecule has 0 radical (unpaired) electrons. The van der Waals surface area contributed by atoms with Crippen molar-refractivity contribution in [3.63, 3.8) is 0 Å². The van der Waals surface area contributed by atoms with Crippen LogP contribution in [0.5, 0.6) is 11.5 Å². The molecule has 71 heavy (non-hydrogen) atoms. The van der Waals surface area contributed by atoms with Crippen molar-refractivity contribution in [1.29, 1.82) is 0 Å². The van der Waals surface area contributed by atoms with E-state index in [2.05, 4.69) is 205 Å². The molecule has 4 aromatic heterocycles. The van der Waals surface area contributed by atoms with Gasteiger partial charge in [0.1, 0.15) is 22.7 Å². The Morgan fingerprint density at radius 3 is 1.80 bits per heavy atom. The van der Waals surface area contributed by atoms with Gasteiger partial charge in [-0.15, -0.1) is 0 Å². The summed E-state index contributed by atoms with van der Waals surface area (Å²) < 4.78 is 16.1. The number of rotatable bonds is 2. The second kappa shape index (κ2) is 13.3. The van der Waals surface area contributed by atoms with Crippen molar-refractivity contribution >= 4 is 43.7 Å². The van der Waals surface area contributed by atoms with E-state index in [0.717, 1.165) is 106 Å². The third-order valence-corrected chi connectivity index (χ3v) is 16.4. The summed E-state index contributed by atoms with van der Waals surface area (Å²) >= 11 is 0. The number of fused-ring (bicyclic) bond motifs is 25. The van der Waals surface area contributed by atoms with E-state index in [1.54, 1.807) is 0 Å². The molecule has 13 aromatic rings. The molecule has 1 atom stereocenters. The molecular formula is C66H37N3O2. The van der Waals surface area contributed by atoms with E-state index in [1.807, 2.05) is 24.5 Å². The van der Waals surface area contributed by atoms with E-state index in [0.29, 0.717) is 0 Å². The van der Waals surface area contributed by atoms with Gasteiger partial charge in [-0.1, -0.05) is 146 Å². The Morgan fingerprint density at radius 2 is 1.00 bits per heavy atom. The zero-order valence-corrected chi connectivity index (χ0v) is 38.0. The molecule has 1 unspecified atom stereocenters.